The number of hydrogen-bond acceptors (Lipinski definition) is 3. The molecule has 22 heavy (non-hydrogen) atoms. The van der Waals surface area contributed by atoms with Gasteiger partial charge in [0.15, 0.2) is 0 Å². The molecule has 7 heteroatoms. The molecular weight excluding hydrogens is 294 g/mol. The maximum Gasteiger partial charge on any atom is 0.254 e. The Morgan fingerprint density at radius 3 is 2.64 bits per heavy atom. The van der Waals surface area contributed by atoms with Crippen LogP contribution in [0.25, 0.3) is 0 Å². The zero-order valence-electron chi connectivity index (χ0n) is 12.5. The van der Waals surface area contributed by atoms with Crippen LogP contribution in [0.3, 0.4) is 0 Å². The Morgan fingerprint density at radius 1 is 1.18 bits per heavy atom. The highest BCUT2D eigenvalue weighted by atomic mass is 19.1. The maximum absolute atomic E-state index is 13.4. The van der Waals surface area contributed by atoms with Crippen molar-refractivity contribution in [3.63, 3.8) is 0 Å². The van der Waals surface area contributed by atoms with Gasteiger partial charge < -0.3 is 15.4 Å². The molecule has 0 aliphatic carbocycles. The third kappa shape index (κ3) is 6.62. The van der Waals surface area contributed by atoms with Crippen LogP contribution in [-0.4, -0.2) is 38.1 Å². The van der Waals surface area contributed by atoms with Crippen LogP contribution in [0.4, 0.5) is 8.78 Å². The van der Waals surface area contributed by atoms with E-state index in [4.69, 9.17) is 4.74 Å². The van der Waals surface area contributed by atoms with Crippen molar-refractivity contribution in [2.75, 3.05) is 26.3 Å². The number of rotatable bonds is 9. The summed E-state index contributed by atoms with van der Waals surface area (Å²) in [4.78, 5) is 23.1. The fourth-order valence-corrected chi connectivity index (χ4v) is 1.69. The van der Waals surface area contributed by atoms with Crippen molar-refractivity contribution in [3.05, 3.63) is 35.4 Å². The lowest BCUT2D eigenvalue weighted by Crippen LogP contribution is -2.31. The molecule has 0 atom stereocenters. The van der Waals surface area contributed by atoms with Gasteiger partial charge in [-0.25, -0.2) is 8.78 Å². The van der Waals surface area contributed by atoms with Gasteiger partial charge in [0.2, 0.25) is 5.91 Å². The van der Waals surface area contributed by atoms with Crippen LogP contribution < -0.4 is 10.6 Å². The van der Waals surface area contributed by atoms with Crippen molar-refractivity contribution in [2.45, 2.75) is 19.8 Å². The summed E-state index contributed by atoms with van der Waals surface area (Å²) in [7, 11) is 0. The fourth-order valence-electron chi connectivity index (χ4n) is 1.69. The van der Waals surface area contributed by atoms with Gasteiger partial charge in [-0.15, -0.1) is 0 Å². The van der Waals surface area contributed by atoms with E-state index in [1.807, 2.05) is 6.92 Å². The molecule has 0 bridgehead atoms. The summed E-state index contributed by atoms with van der Waals surface area (Å²) in [6.45, 7) is 3.69. The van der Waals surface area contributed by atoms with Crippen molar-refractivity contribution in [3.8, 4) is 0 Å². The van der Waals surface area contributed by atoms with E-state index in [0.29, 0.717) is 32.2 Å². The lowest BCUT2D eigenvalue weighted by atomic mass is 10.2. The zero-order chi connectivity index (χ0) is 16.4. The average molecular weight is 314 g/mol. The van der Waals surface area contributed by atoms with Gasteiger partial charge >= 0.3 is 0 Å². The molecule has 0 radical (unpaired) electrons. The molecule has 0 unspecified atom stereocenters. The van der Waals surface area contributed by atoms with Gasteiger partial charge in [0.05, 0.1) is 5.56 Å². The zero-order valence-corrected chi connectivity index (χ0v) is 12.5. The molecule has 1 aromatic carbocycles. The first kappa shape index (κ1) is 18.0. The Kier molecular flexibility index (Phi) is 8.06. The Morgan fingerprint density at radius 2 is 1.95 bits per heavy atom. The molecule has 1 aromatic rings. The first-order valence-electron chi connectivity index (χ1n) is 7.12. The predicted octanol–water partition coefficient (Wildman–Crippen LogP) is 1.63. The second kappa shape index (κ2) is 9.83. The molecule has 0 aliphatic rings. The predicted molar refractivity (Wildman–Crippen MR) is 77.4 cm³/mol. The first-order valence-corrected chi connectivity index (χ1v) is 7.12. The van der Waals surface area contributed by atoms with E-state index in [0.717, 1.165) is 12.1 Å². The van der Waals surface area contributed by atoms with Gasteiger partial charge in [0.1, 0.15) is 11.6 Å². The highest BCUT2D eigenvalue weighted by Crippen LogP contribution is 2.09. The molecule has 122 valence electrons. The van der Waals surface area contributed by atoms with Crippen LogP contribution in [0.1, 0.15) is 30.1 Å². The molecule has 2 amide bonds. The molecule has 0 aromatic heterocycles. The normalized spacial score (nSPS) is 10.3. The van der Waals surface area contributed by atoms with Crippen LogP contribution in [-0.2, 0) is 9.53 Å². The largest absolute Gasteiger partial charge is 0.382 e. The minimum Gasteiger partial charge on any atom is -0.382 e. The van der Waals surface area contributed by atoms with E-state index in [-0.39, 0.29) is 24.4 Å². The number of hydrogen-bond donors (Lipinski definition) is 2. The van der Waals surface area contributed by atoms with Crippen molar-refractivity contribution >= 4 is 11.8 Å². The highest BCUT2D eigenvalue weighted by Gasteiger charge is 2.12. The molecule has 0 heterocycles. The van der Waals surface area contributed by atoms with Crippen LogP contribution >= 0.6 is 0 Å². The van der Waals surface area contributed by atoms with Crippen LogP contribution in [0.2, 0.25) is 0 Å². The van der Waals surface area contributed by atoms with E-state index in [9.17, 15) is 18.4 Å². The van der Waals surface area contributed by atoms with Gasteiger partial charge in [-0.1, -0.05) is 0 Å². The van der Waals surface area contributed by atoms with Crippen LogP contribution in [0, 0.1) is 11.6 Å². The summed E-state index contributed by atoms with van der Waals surface area (Å²) in [5.41, 5.74) is -0.251. The van der Waals surface area contributed by atoms with Gasteiger partial charge in [-0.05, 0) is 25.5 Å². The number of amides is 2. The van der Waals surface area contributed by atoms with Gasteiger partial charge in [0, 0.05) is 38.8 Å². The highest BCUT2D eigenvalue weighted by molar-refractivity contribution is 5.94. The minimum atomic E-state index is -0.933. The van der Waals surface area contributed by atoms with Crippen molar-refractivity contribution in [1.29, 1.82) is 0 Å². The second-order valence-electron chi connectivity index (χ2n) is 4.53. The molecule has 5 nitrogen and oxygen atoms in total. The summed E-state index contributed by atoms with van der Waals surface area (Å²) in [6.07, 6.45) is 0.802. The van der Waals surface area contributed by atoms with E-state index >= 15 is 0 Å². The molecule has 0 saturated heterocycles. The number of benzene rings is 1. The lowest BCUT2D eigenvalue weighted by molar-refractivity contribution is -0.120. The van der Waals surface area contributed by atoms with E-state index in [1.54, 1.807) is 0 Å². The summed E-state index contributed by atoms with van der Waals surface area (Å²) in [6, 6.07) is 2.71. The number of carbonyl (C=O) groups excluding carboxylic acids is 2. The standard InChI is InChI=1S/C15H20F2N2O3/c1-2-22-9-3-7-18-14(20)6-8-19-15(21)12-5-4-11(16)10-13(12)17/h4-5,10H,2-3,6-9H2,1H3,(H,18,20)(H,19,21). The minimum absolute atomic E-state index is 0.0763. The van der Waals surface area contributed by atoms with Gasteiger partial charge in [0.25, 0.3) is 5.91 Å². The molecule has 0 fully saturated rings. The van der Waals surface area contributed by atoms with E-state index in [1.165, 1.54) is 0 Å². The first-order chi connectivity index (χ1) is 10.5. The maximum atomic E-state index is 13.4. The van der Waals surface area contributed by atoms with Crippen molar-refractivity contribution < 1.29 is 23.1 Å². The molecule has 0 spiro atoms. The van der Waals surface area contributed by atoms with Gasteiger partial charge in [-0.3, -0.25) is 9.59 Å². The van der Waals surface area contributed by atoms with Crippen molar-refractivity contribution in [2.24, 2.45) is 0 Å². The topological polar surface area (TPSA) is 67.4 Å². The number of ether oxygens (including phenoxy) is 1. The Labute approximate surface area is 128 Å². The lowest BCUT2D eigenvalue weighted by Gasteiger charge is -2.07. The number of carbonyl (C=O) groups is 2. The van der Waals surface area contributed by atoms with E-state index in [2.05, 4.69) is 10.6 Å². The molecular formula is C15H20F2N2O3. The SMILES string of the molecule is CCOCCCNC(=O)CCNC(=O)c1ccc(F)cc1F. The van der Waals surface area contributed by atoms with Crippen LogP contribution in [0.5, 0.6) is 0 Å². The van der Waals surface area contributed by atoms with Gasteiger partial charge in [-0.2, -0.15) is 0 Å². The smallest absolute Gasteiger partial charge is 0.254 e. The molecule has 2 N–H and O–H groups in total. The molecule has 1 rings (SSSR count). The molecule has 0 aliphatic heterocycles. The summed E-state index contributed by atoms with van der Waals surface area (Å²) >= 11 is 0. The molecule has 0 saturated carbocycles. The van der Waals surface area contributed by atoms with E-state index < -0.39 is 17.5 Å². The average Bonchev–Trinajstić information content (AvgIpc) is 2.46. The summed E-state index contributed by atoms with van der Waals surface area (Å²) in [5.74, 6) is -2.57. The number of halogens is 2. The monoisotopic (exact) mass is 314 g/mol. The third-order valence-corrected chi connectivity index (χ3v) is 2.81. The fraction of sp³-hybridized carbons (Fsp3) is 0.467. The Balaban J connectivity index is 2.23. The second-order valence-corrected chi connectivity index (χ2v) is 4.53. The number of nitrogens with one attached hydrogen (secondary N) is 2. The Bertz CT molecular complexity index is 510. The van der Waals surface area contributed by atoms with Crippen molar-refractivity contribution in [1.82, 2.24) is 10.6 Å². The third-order valence-electron chi connectivity index (χ3n) is 2.81. The van der Waals surface area contributed by atoms with Crippen LogP contribution in [0.15, 0.2) is 18.2 Å². The quantitative estimate of drug-likeness (QED) is 0.681. The summed E-state index contributed by atoms with van der Waals surface area (Å²) < 4.78 is 31.2. The Hall–Kier alpha value is -2.02. The summed E-state index contributed by atoms with van der Waals surface area (Å²) in [5, 5.41) is 5.09.